The predicted molar refractivity (Wildman–Crippen MR) is 121 cm³/mol. The molecule has 0 saturated carbocycles. The number of rotatable bonds is 15. The normalized spacial score (nSPS) is 14.9. The molecule has 0 spiro atoms. The molecule has 0 radical (unpaired) electrons. The van der Waals surface area contributed by atoms with E-state index in [1.165, 1.54) is 11.8 Å². The number of thioether (sulfide) groups is 1. The number of amides is 3. The van der Waals surface area contributed by atoms with Crippen molar-refractivity contribution in [1.29, 1.82) is 0 Å². The highest BCUT2D eigenvalue weighted by Gasteiger charge is 2.32. The van der Waals surface area contributed by atoms with Crippen LogP contribution in [0.25, 0.3) is 0 Å². The number of hydrogen-bond donors (Lipinski definition) is 6. The number of carboxylic acid groups (broad SMARTS) is 2. The van der Waals surface area contributed by atoms with E-state index >= 15 is 0 Å². The number of carbonyl (C=O) groups is 5. The Morgan fingerprint density at radius 2 is 1.34 bits per heavy atom. The summed E-state index contributed by atoms with van der Waals surface area (Å²) >= 11 is 1.46. The Morgan fingerprint density at radius 1 is 0.812 bits per heavy atom. The van der Waals surface area contributed by atoms with E-state index < -0.39 is 53.8 Å². The zero-order valence-electron chi connectivity index (χ0n) is 19.2. The summed E-state index contributed by atoms with van der Waals surface area (Å²) in [5, 5.41) is 25.6. The number of carboxylic acids is 2. The van der Waals surface area contributed by atoms with Crippen LogP contribution in [0.2, 0.25) is 0 Å². The fourth-order valence-corrected chi connectivity index (χ4v) is 3.21. The van der Waals surface area contributed by atoms with Crippen molar-refractivity contribution in [3.05, 3.63) is 0 Å². The van der Waals surface area contributed by atoms with E-state index in [0.717, 1.165) is 0 Å². The van der Waals surface area contributed by atoms with Crippen LogP contribution in [-0.4, -0.2) is 76.0 Å². The van der Waals surface area contributed by atoms with Crippen LogP contribution in [0, 0.1) is 11.8 Å². The Morgan fingerprint density at radius 3 is 1.78 bits per heavy atom. The monoisotopic (exact) mass is 476 g/mol. The Balaban J connectivity index is 5.34. The minimum atomic E-state index is -1.18. The van der Waals surface area contributed by atoms with Gasteiger partial charge in [0.1, 0.15) is 18.1 Å². The molecular weight excluding hydrogens is 440 g/mol. The standard InChI is InChI=1S/C20H36N4O7S/c1-10(2)15(23-17(27)12(21)6-7-14(25)26)19(29)22-13(8-9-32-5)18(28)24-16(11(3)4)20(30)31/h10-13,15-16H,6-9,21H2,1-5H3,(H,22,29)(H,23,27)(H,24,28)(H,25,26)(H,30,31). The summed E-state index contributed by atoms with van der Waals surface area (Å²) in [6.07, 6.45) is 1.73. The number of aliphatic carboxylic acids is 2. The number of carbonyl (C=O) groups excluding carboxylic acids is 3. The largest absolute Gasteiger partial charge is 0.481 e. The van der Waals surface area contributed by atoms with Crippen LogP contribution in [0.4, 0.5) is 0 Å². The third kappa shape index (κ3) is 10.8. The van der Waals surface area contributed by atoms with Gasteiger partial charge in [-0.2, -0.15) is 11.8 Å². The summed E-state index contributed by atoms with van der Waals surface area (Å²) < 4.78 is 0. The molecule has 0 aromatic carbocycles. The summed E-state index contributed by atoms with van der Waals surface area (Å²) in [7, 11) is 0. The van der Waals surface area contributed by atoms with Gasteiger partial charge in [-0.15, -0.1) is 0 Å². The first kappa shape index (κ1) is 29.7. The van der Waals surface area contributed by atoms with Gasteiger partial charge >= 0.3 is 11.9 Å². The van der Waals surface area contributed by atoms with Crippen molar-refractivity contribution in [2.45, 2.75) is 71.1 Å². The predicted octanol–water partition coefficient (Wildman–Crippen LogP) is -0.217. The Bertz CT molecular complexity index is 672. The van der Waals surface area contributed by atoms with Gasteiger partial charge in [0.2, 0.25) is 17.7 Å². The second kappa shape index (κ2) is 14.7. The molecule has 11 nitrogen and oxygen atoms in total. The molecule has 0 saturated heterocycles. The zero-order valence-corrected chi connectivity index (χ0v) is 20.0. The number of hydrogen-bond acceptors (Lipinski definition) is 7. The van der Waals surface area contributed by atoms with Crippen molar-refractivity contribution < 1.29 is 34.2 Å². The first-order valence-electron chi connectivity index (χ1n) is 10.4. The Hall–Kier alpha value is -2.34. The molecular formula is C20H36N4O7S. The van der Waals surface area contributed by atoms with Gasteiger partial charge in [0.05, 0.1) is 6.04 Å². The summed E-state index contributed by atoms with van der Waals surface area (Å²) in [5.74, 6) is -4.34. The van der Waals surface area contributed by atoms with Crippen LogP contribution in [-0.2, 0) is 24.0 Å². The zero-order chi connectivity index (χ0) is 25.0. The van der Waals surface area contributed by atoms with Gasteiger partial charge in [-0.05, 0) is 36.7 Å². The molecule has 0 fully saturated rings. The van der Waals surface area contributed by atoms with Crippen LogP contribution >= 0.6 is 11.8 Å². The van der Waals surface area contributed by atoms with Crippen molar-refractivity contribution in [1.82, 2.24) is 16.0 Å². The average Bonchev–Trinajstić information content (AvgIpc) is 2.69. The van der Waals surface area contributed by atoms with E-state index in [-0.39, 0.29) is 31.1 Å². The molecule has 0 heterocycles. The van der Waals surface area contributed by atoms with E-state index in [0.29, 0.717) is 5.75 Å². The summed E-state index contributed by atoms with van der Waals surface area (Å²) in [5.41, 5.74) is 5.71. The van der Waals surface area contributed by atoms with Gasteiger partial charge in [0.25, 0.3) is 0 Å². The third-order valence-electron chi connectivity index (χ3n) is 4.73. The van der Waals surface area contributed by atoms with Crippen LogP contribution in [0.5, 0.6) is 0 Å². The maximum absolute atomic E-state index is 12.9. The van der Waals surface area contributed by atoms with Gasteiger partial charge in [0, 0.05) is 6.42 Å². The molecule has 0 aromatic heterocycles. The SMILES string of the molecule is CSCCC(NC(=O)C(NC(=O)C(N)CCC(=O)O)C(C)C)C(=O)NC(C(=O)O)C(C)C. The van der Waals surface area contributed by atoms with Crippen LogP contribution in [0.15, 0.2) is 0 Å². The van der Waals surface area contributed by atoms with Crippen LogP contribution in [0.3, 0.4) is 0 Å². The van der Waals surface area contributed by atoms with Gasteiger partial charge in [0.15, 0.2) is 0 Å². The lowest BCUT2D eigenvalue weighted by molar-refractivity contribution is -0.143. The molecule has 7 N–H and O–H groups in total. The maximum atomic E-state index is 12.9. The average molecular weight is 477 g/mol. The van der Waals surface area contributed by atoms with Crippen molar-refractivity contribution >= 4 is 41.4 Å². The first-order valence-corrected chi connectivity index (χ1v) is 11.8. The van der Waals surface area contributed by atoms with Crippen LogP contribution in [0.1, 0.15) is 47.0 Å². The van der Waals surface area contributed by atoms with Gasteiger partial charge in [-0.25, -0.2) is 4.79 Å². The molecule has 12 heteroatoms. The summed E-state index contributed by atoms with van der Waals surface area (Å²) in [6.45, 7) is 6.71. The van der Waals surface area contributed by atoms with E-state index in [1.54, 1.807) is 27.7 Å². The molecule has 4 atom stereocenters. The summed E-state index contributed by atoms with van der Waals surface area (Å²) in [4.78, 5) is 60.0. The third-order valence-corrected chi connectivity index (χ3v) is 5.37. The molecule has 0 aliphatic heterocycles. The van der Waals surface area contributed by atoms with Gasteiger partial charge in [-0.3, -0.25) is 19.2 Å². The molecule has 0 aromatic rings. The molecule has 32 heavy (non-hydrogen) atoms. The molecule has 3 amide bonds. The smallest absolute Gasteiger partial charge is 0.326 e. The Labute approximate surface area is 192 Å². The van der Waals surface area contributed by atoms with Gasteiger partial charge in [-0.1, -0.05) is 27.7 Å². The molecule has 0 aliphatic carbocycles. The van der Waals surface area contributed by atoms with Crippen molar-refractivity contribution in [3.63, 3.8) is 0 Å². The lowest BCUT2D eigenvalue weighted by atomic mass is 10.0. The second-order valence-corrected chi connectivity index (χ2v) is 9.17. The quantitative estimate of drug-likeness (QED) is 0.186. The van der Waals surface area contributed by atoms with Crippen LogP contribution < -0.4 is 21.7 Å². The van der Waals surface area contributed by atoms with E-state index in [9.17, 15) is 29.1 Å². The molecule has 0 aliphatic rings. The fraction of sp³-hybridized carbons (Fsp3) is 0.750. The molecule has 184 valence electrons. The summed E-state index contributed by atoms with van der Waals surface area (Å²) in [6, 6.07) is -4.21. The van der Waals surface area contributed by atoms with Crippen molar-refractivity contribution in [3.8, 4) is 0 Å². The molecule has 0 rings (SSSR count). The number of nitrogens with two attached hydrogens (primary N) is 1. The first-order chi connectivity index (χ1) is 14.8. The van der Waals surface area contributed by atoms with Crippen molar-refractivity contribution in [2.75, 3.05) is 12.0 Å². The minimum Gasteiger partial charge on any atom is -0.481 e. The fourth-order valence-electron chi connectivity index (χ4n) is 2.74. The topological polar surface area (TPSA) is 188 Å². The minimum absolute atomic E-state index is 0.0852. The van der Waals surface area contributed by atoms with Gasteiger partial charge < -0.3 is 31.9 Å². The van der Waals surface area contributed by atoms with E-state index in [1.807, 2.05) is 6.26 Å². The van der Waals surface area contributed by atoms with E-state index in [2.05, 4.69) is 16.0 Å². The molecule has 4 unspecified atom stereocenters. The maximum Gasteiger partial charge on any atom is 0.326 e. The lowest BCUT2D eigenvalue weighted by Crippen LogP contribution is -2.58. The Kier molecular flexibility index (Phi) is 13.6. The lowest BCUT2D eigenvalue weighted by Gasteiger charge is -2.27. The van der Waals surface area contributed by atoms with Crippen molar-refractivity contribution in [2.24, 2.45) is 17.6 Å². The van der Waals surface area contributed by atoms with E-state index in [4.69, 9.17) is 10.8 Å². The molecule has 0 bridgehead atoms. The highest BCUT2D eigenvalue weighted by molar-refractivity contribution is 7.98. The highest BCUT2D eigenvalue weighted by Crippen LogP contribution is 2.08. The highest BCUT2D eigenvalue weighted by atomic mass is 32.2. The number of nitrogens with one attached hydrogen (secondary N) is 3. The second-order valence-electron chi connectivity index (χ2n) is 8.18.